The first-order chi connectivity index (χ1) is 62.7. The van der Waals surface area contributed by atoms with E-state index in [1.807, 2.05) is 0 Å². The molecule has 0 spiro atoms. The Morgan fingerprint density at radius 3 is 0.578 bits per heavy atom. The first-order valence-corrected chi connectivity index (χ1v) is 54.5. The molecule has 0 amide bonds. The number of rotatable bonds is 28. The highest BCUT2D eigenvalue weighted by molar-refractivity contribution is 5.30. The van der Waals surface area contributed by atoms with Gasteiger partial charge in [-0.1, -0.05) is 271 Å². The normalized spacial score (nSPS) is 30.5. The van der Waals surface area contributed by atoms with E-state index in [1.54, 1.807) is 27.8 Å². The van der Waals surface area contributed by atoms with Crippen molar-refractivity contribution in [2.24, 2.45) is 88.8 Å². The Morgan fingerprint density at radius 2 is 0.352 bits per heavy atom. The van der Waals surface area contributed by atoms with Gasteiger partial charge in [0.2, 0.25) is 0 Å². The predicted molar refractivity (Wildman–Crippen MR) is 584 cm³/mol. The van der Waals surface area contributed by atoms with E-state index >= 15 is 0 Å². The fourth-order valence-electron chi connectivity index (χ4n) is 25.0. The molecule has 10 aliphatic rings. The minimum atomic E-state index is 0. The van der Waals surface area contributed by atoms with E-state index in [0.717, 1.165) is 118 Å². The van der Waals surface area contributed by atoms with Crippen LogP contribution in [0.3, 0.4) is 0 Å². The number of hydrogen-bond acceptors (Lipinski definition) is 0. The zero-order chi connectivity index (χ0) is 89.5. The molecule has 5 aromatic rings. The Balaban J connectivity index is 0.000000847. The van der Waals surface area contributed by atoms with Crippen molar-refractivity contribution in [2.45, 2.75) is 407 Å². The molecule has 10 saturated carbocycles. The van der Waals surface area contributed by atoms with Crippen molar-refractivity contribution in [3.05, 3.63) is 298 Å². The predicted octanol–water partition coefficient (Wildman–Crippen LogP) is 41.6. The topological polar surface area (TPSA) is 0 Å². The average molecular weight is 1750 g/mol. The van der Waals surface area contributed by atoms with E-state index in [-0.39, 0.29) is 14.3 Å². The molecule has 0 radical (unpaired) electrons. The monoisotopic (exact) mass is 1740 g/mol. The number of unbranched alkanes of at least 4 members (excludes halogenated alkanes) is 2. The lowest BCUT2D eigenvalue weighted by Gasteiger charge is -2.37. The molecule has 10 fully saturated rings. The summed E-state index contributed by atoms with van der Waals surface area (Å²) in [6, 6.07) is 46.4. The molecule has 0 atom stereocenters. The van der Waals surface area contributed by atoms with Gasteiger partial charge in [-0.3, -0.25) is 0 Å². The van der Waals surface area contributed by atoms with Crippen molar-refractivity contribution in [2.75, 3.05) is 0 Å². The van der Waals surface area contributed by atoms with Gasteiger partial charge in [0.15, 0.2) is 0 Å². The van der Waals surface area contributed by atoms with Gasteiger partial charge < -0.3 is 0 Å². The summed E-state index contributed by atoms with van der Waals surface area (Å²) in [5.41, 5.74) is 14.8. The second kappa shape index (κ2) is 58.5. The molecule has 0 aromatic heterocycles. The quantitative estimate of drug-likeness (QED) is 0.0346. The zero-order valence-corrected chi connectivity index (χ0v) is 83.6. The van der Waals surface area contributed by atoms with Crippen LogP contribution >= 0.6 is 0 Å². The van der Waals surface area contributed by atoms with Crippen molar-refractivity contribution in [3.63, 3.8) is 0 Å². The summed E-state index contributed by atoms with van der Waals surface area (Å²) in [7, 11) is 0. The van der Waals surface area contributed by atoms with Crippen LogP contribution in [-0.2, 0) is 0 Å². The van der Waals surface area contributed by atoms with Gasteiger partial charge in [-0.25, -0.2) is 0 Å². The number of hydrogen-bond donors (Lipinski definition) is 0. The summed E-state index contributed by atoms with van der Waals surface area (Å²) < 4.78 is 0. The van der Waals surface area contributed by atoms with E-state index in [4.69, 9.17) is 0 Å². The molecule has 0 saturated heterocycles. The molecule has 0 aliphatic heterocycles. The lowest BCUT2D eigenvalue weighted by atomic mass is 9.68. The maximum Gasteiger partial charge on any atom is 0 e. The molecular weight excluding hydrogens is 1540 g/mol. The van der Waals surface area contributed by atoms with Crippen LogP contribution < -0.4 is 0 Å². The maximum atomic E-state index is 2.60. The molecule has 15 rings (SSSR count). The molecule has 0 heterocycles. The number of benzene rings is 5. The minimum Gasteiger partial charge on any atom is -0.0917 e. The molecule has 0 heteroatoms. The Labute approximate surface area is 803 Å². The number of allylic oxidation sites excluding steroid dienone is 20. The van der Waals surface area contributed by atoms with E-state index in [0.29, 0.717) is 0 Å². The molecule has 0 nitrogen and oxygen atoms in total. The SMILES string of the molecule is C/C=C/C1CCC(/C=C/C2CCC(c3ccc(C)cc3)CC2)CC1.C/C=C/CC/C=C/C1CCC(C2CCC(c3ccc(C)cc3)CC2)CC1.C/C=C/CC/C=C/C1CCC(C2CCC(c3ccc(C)cc3)CC2)CC1.C/C=C/CCC1CCC(/C=C/C2CCC(c3ccc(C)cc3)CC2)CC1.C/C=C/CCC1CCC(/C=C/C2CCC(c3ccc(C)cc3)CC2)CC1.[HH].[HH].[HH].[HH].[HH].[HH].[HH].[HH].[HH].[HH]. The highest BCUT2D eigenvalue weighted by Crippen LogP contribution is 2.48. The summed E-state index contributed by atoms with van der Waals surface area (Å²) in [4.78, 5) is 0. The van der Waals surface area contributed by atoms with Gasteiger partial charge in [-0.05, 0) is 524 Å². The van der Waals surface area contributed by atoms with E-state index in [2.05, 4.69) is 312 Å². The van der Waals surface area contributed by atoms with Crippen molar-refractivity contribution >= 4 is 0 Å². The Morgan fingerprint density at radius 1 is 0.180 bits per heavy atom. The molecular formula is C128H206. The Kier molecular flexibility index (Phi) is 46.6. The molecule has 0 unspecified atom stereocenters. The number of aryl methyl sites for hydroxylation is 5. The van der Waals surface area contributed by atoms with Gasteiger partial charge in [0.05, 0.1) is 0 Å². The summed E-state index contributed by atoms with van der Waals surface area (Å²) in [5.74, 6) is 17.7. The van der Waals surface area contributed by atoms with Crippen LogP contribution in [0.1, 0.15) is 442 Å². The standard InChI is InChI=1S/4C26H38.C24H34.10H2/c2*1-3-4-5-6-22-9-11-23(12-10-22)13-14-24-15-19-26(20-16-24)25-17-7-21(2)8-18-25;2*1-3-4-5-6-7-8-22-11-15-24(16-12-22)26-19-17-25(18-20-26)23-13-9-21(2)10-14-23;1-3-4-20-7-9-21(10-8-20)11-12-22-13-17-24(18-14-22)23-15-5-19(2)6-16-23;;;;;;;;;;/h2*3-4,7-8,13-14,17-18,22-24,26H,5-6,9-12,15-16,19-20H2,1-2H3;2*3-4,7-10,13-14,22,24-26H,5-6,11-12,15-20H2,1-2H3;3-6,11-12,15-16,20-22,24H,7-10,13-14,17-18H2,1-2H3;10*1H/b2*4-3+,14-13+;2*4-3+,8-7+;4-3+,12-11+;;;;;;;;;;. The highest BCUT2D eigenvalue weighted by atomic mass is 14.4. The van der Waals surface area contributed by atoms with E-state index in [9.17, 15) is 0 Å². The van der Waals surface area contributed by atoms with E-state index in [1.165, 1.54) is 336 Å². The van der Waals surface area contributed by atoms with Gasteiger partial charge in [0.1, 0.15) is 0 Å². The van der Waals surface area contributed by atoms with Gasteiger partial charge in [-0.2, -0.15) is 0 Å². The third-order valence-corrected chi connectivity index (χ3v) is 33.8. The summed E-state index contributed by atoms with van der Waals surface area (Å²) in [6.45, 7) is 21.6. The first kappa shape index (κ1) is 102. The van der Waals surface area contributed by atoms with Crippen LogP contribution in [-0.4, -0.2) is 0 Å². The molecule has 5 aromatic carbocycles. The third-order valence-electron chi connectivity index (χ3n) is 33.8. The van der Waals surface area contributed by atoms with Crippen LogP contribution in [0.4, 0.5) is 0 Å². The smallest absolute Gasteiger partial charge is 0 e. The molecule has 128 heavy (non-hydrogen) atoms. The van der Waals surface area contributed by atoms with E-state index < -0.39 is 0 Å². The van der Waals surface area contributed by atoms with Crippen molar-refractivity contribution < 1.29 is 14.3 Å². The largest absolute Gasteiger partial charge is 0.0917 e. The summed E-state index contributed by atoms with van der Waals surface area (Å²) in [5, 5.41) is 0. The van der Waals surface area contributed by atoms with Crippen LogP contribution in [0.2, 0.25) is 0 Å². The van der Waals surface area contributed by atoms with Crippen LogP contribution in [0, 0.1) is 123 Å². The minimum absolute atomic E-state index is 0. The highest BCUT2D eigenvalue weighted by Gasteiger charge is 2.34. The average Bonchev–Trinajstić information content (AvgIpc) is 0.835. The third kappa shape index (κ3) is 36.8. The van der Waals surface area contributed by atoms with Crippen LogP contribution in [0.25, 0.3) is 0 Å². The van der Waals surface area contributed by atoms with Gasteiger partial charge in [-0.15, -0.1) is 0 Å². The van der Waals surface area contributed by atoms with Crippen LogP contribution in [0.5, 0.6) is 0 Å². The molecule has 718 valence electrons. The van der Waals surface area contributed by atoms with Crippen molar-refractivity contribution in [3.8, 4) is 0 Å². The van der Waals surface area contributed by atoms with Gasteiger partial charge in [0, 0.05) is 14.3 Å². The molecule has 10 aliphatic carbocycles. The second-order valence-electron chi connectivity index (χ2n) is 43.3. The summed E-state index contributed by atoms with van der Waals surface area (Å²) in [6.07, 6.45) is 115. The zero-order valence-electron chi connectivity index (χ0n) is 83.6. The second-order valence-corrected chi connectivity index (χ2v) is 43.3. The van der Waals surface area contributed by atoms with Crippen molar-refractivity contribution in [1.29, 1.82) is 0 Å². The molecule has 0 bridgehead atoms. The van der Waals surface area contributed by atoms with Gasteiger partial charge >= 0.3 is 0 Å². The Bertz CT molecular complexity index is 3850. The molecule has 0 N–H and O–H groups in total. The van der Waals surface area contributed by atoms with Crippen LogP contribution in [0.15, 0.2) is 243 Å². The lowest BCUT2D eigenvalue weighted by Crippen LogP contribution is -2.25. The fourth-order valence-corrected chi connectivity index (χ4v) is 25.0. The Hall–Kier alpha value is -6.50. The van der Waals surface area contributed by atoms with Gasteiger partial charge in [0.25, 0.3) is 0 Å². The maximum absolute atomic E-state index is 2.60. The first-order valence-electron chi connectivity index (χ1n) is 54.5. The fraction of sp³-hybridized carbons (Fsp3) is 0.609. The van der Waals surface area contributed by atoms with Crippen molar-refractivity contribution in [1.82, 2.24) is 0 Å². The summed E-state index contributed by atoms with van der Waals surface area (Å²) >= 11 is 0. The lowest BCUT2D eigenvalue weighted by molar-refractivity contribution is 0.171.